The van der Waals surface area contributed by atoms with Gasteiger partial charge < -0.3 is 16.0 Å². The van der Waals surface area contributed by atoms with E-state index in [4.69, 9.17) is 5.73 Å². The predicted molar refractivity (Wildman–Crippen MR) is 132 cm³/mol. The topological polar surface area (TPSA) is 108 Å². The number of rotatable bonds is 5. The van der Waals surface area contributed by atoms with Crippen LogP contribution < -0.4 is 16.0 Å². The second-order valence-electron chi connectivity index (χ2n) is 9.46. The molecule has 0 radical (unpaired) electrons. The van der Waals surface area contributed by atoms with Gasteiger partial charge in [0, 0.05) is 25.8 Å². The largest absolute Gasteiger partial charge is 0.396 e. The first-order valence-corrected chi connectivity index (χ1v) is 12.3. The molecule has 1 aromatic carbocycles. The van der Waals surface area contributed by atoms with Gasteiger partial charge in [-0.15, -0.1) is 11.3 Å². The van der Waals surface area contributed by atoms with E-state index in [2.05, 4.69) is 45.3 Å². The smallest absolute Gasteiger partial charge is 0.263 e. The van der Waals surface area contributed by atoms with Gasteiger partial charge in [-0.3, -0.25) is 4.79 Å². The number of piperidine rings is 1. The SMILES string of the molecule is Cc1cnc2c(N)c(C(=O)NC[C@H](C)c3ccc(N4CC5CCC(C5)C4)c(C#N)c3)sc2n1. The molecule has 3 atom stereocenters. The quantitative estimate of drug-likeness (QED) is 0.590. The number of nitriles is 1. The van der Waals surface area contributed by atoms with Crippen LogP contribution in [0.1, 0.15) is 58.6 Å². The van der Waals surface area contributed by atoms with E-state index in [1.165, 1.54) is 30.6 Å². The summed E-state index contributed by atoms with van der Waals surface area (Å²) >= 11 is 1.26. The Morgan fingerprint density at radius 2 is 2.12 bits per heavy atom. The van der Waals surface area contributed by atoms with Gasteiger partial charge in [0.1, 0.15) is 21.3 Å². The van der Waals surface area contributed by atoms with E-state index in [9.17, 15) is 10.1 Å². The number of hydrogen-bond acceptors (Lipinski definition) is 7. The maximum Gasteiger partial charge on any atom is 0.263 e. The Balaban J connectivity index is 1.28. The molecule has 1 saturated carbocycles. The molecule has 2 aromatic heterocycles. The molecule has 2 bridgehead atoms. The normalized spacial score (nSPS) is 20.6. The molecule has 1 aliphatic carbocycles. The van der Waals surface area contributed by atoms with E-state index in [-0.39, 0.29) is 11.8 Å². The van der Waals surface area contributed by atoms with Crippen LogP contribution in [0.4, 0.5) is 11.4 Å². The molecule has 3 N–H and O–H groups in total. The number of thiophene rings is 1. The number of hydrogen-bond donors (Lipinski definition) is 2. The van der Waals surface area contributed by atoms with Crippen molar-refractivity contribution in [3.8, 4) is 6.07 Å². The highest BCUT2D eigenvalue weighted by Crippen LogP contribution is 2.39. The monoisotopic (exact) mass is 460 g/mol. The molecule has 1 saturated heterocycles. The van der Waals surface area contributed by atoms with Crippen LogP contribution in [0.15, 0.2) is 24.4 Å². The number of benzene rings is 1. The summed E-state index contributed by atoms with van der Waals surface area (Å²) in [5.74, 6) is 1.36. The van der Waals surface area contributed by atoms with Crippen molar-refractivity contribution in [1.29, 1.82) is 5.26 Å². The van der Waals surface area contributed by atoms with Crippen molar-refractivity contribution in [1.82, 2.24) is 15.3 Å². The van der Waals surface area contributed by atoms with Crippen LogP contribution in [-0.4, -0.2) is 35.5 Å². The van der Waals surface area contributed by atoms with E-state index in [1.54, 1.807) is 6.20 Å². The summed E-state index contributed by atoms with van der Waals surface area (Å²) in [4.78, 5) is 25.1. The van der Waals surface area contributed by atoms with Gasteiger partial charge in [0.05, 0.1) is 22.6 Å². The highest BCUT2D eigenvalue weighted by Gasteiger charge is 2.33. The van der Waals surface area contributed by atoms with Crippen molar-refractivity contribution in [2.45, 2.75) is 39.0 Å². The van der Waals surface area contributed by atoms with Crippen LogP contribution in [0.3, 0.4) is 0 Å². The van der Waals surface area contributed by atoms with Crippen molar-refractivity contribution in [3.05, 3.63) is 46.1 Å². The van der Waals surface area contributed by atoms with Crippen LogP contribution in [0.2, 0.25) is 0 Å². The van der Waals surface area contributed by atoms with Gasteiger partial charge in [-0.05, 0) is 61.6 Å². The van der Waals surface area contributed by atoms with Crippen molar-refractivity contribution >= 4 is 39.0 Å². The number of nitrogens with zero attached hydrogens (tertiary/aromatic N) is 4. The summed E-state index contributed by atoms with van der Waals surface area (Å²) in [7, 11) is 0. The lowest BCUT2D eigenvalue weighted by Gasteiger charge is -2.34. The zero-order chi connectivity index (χ0) is 23.1. The number of nitrogens with two attached hydrogens (primary N) is 1. The Morgan fingerprint density at radius 3 is 2.85 bits per heavy atom. The van der Waals surface area contributed by atoms with Crippen LogP contribution in [-0.2, 0) is 0 Å². The number of carbonyl (C=O) groups is 1. The van der Waals surface area contributed by atoms with E-state index in [0.717, 1.165) is 41.9 Å². The minimum Gasteiger partial charge on any atom is -0.396 e. The fourth-order valence-corrected chi connectivity index (χ4v) is 6.23. The zero-order valence-corrected chi connectivity index (χ0v) is 19.8. The highest BCUT2D eigenvalue weighted by atomic mass is 32.1. The maximum absolute atomic E-state index is 12.8. The number of carbonyl (C=O) groups excluding carboxylic acids is 1. The van der Waals surface area contributed by atoms with Gasteiger partial charge in [0.25, 0.3) is 5.91 Å². The van der Waals surface area contributed by atoms with Crippen molar-refractivity contribution in [2.24, 2.45) is 11.8 Å². The van der Waals surface area contributed by atoms with Gasteiger partial charge in [0.2, 0.25) is 0 Å². The Kier molecular flexibility index (Phi) is 5.67. The molecule has 3 heterocycles. The van der Waals surface area contributed by atoms with Crippen LogP contribution in [0.25, 0.3) is 10.3 Å². The predicted octanol–water partition coefficient (Wildman–Crippen LogP) is 4.22. The molecule has 5 rings (SSSR count). The molecule has 170 valence electrons. The molecule has 3 aromatic rings. The molecular formula is C25H28N6OS. The average Bonchev–Trinajstić information content (AvgIpc) is 3.34. The number of aromatic nitrogens is 2. The van der Waals surface area contributed by atoms with Crippen molar-refractivity contribution < 1.29 is 4.79 Å². The van der Waals surface area contributed by atoms with Crippen LogP contribution in [0, 0.1) is 30.1 Å². The van der Waals surface area contributed by atoms with Gasteiger partial charge in [0.15, 0.2) is 0 Å². The summed E-state index contributed by atoms with van der Waals surface area (Å²) in [5, 5.41) is 12.8. The summed E-state index contributed by atoms with van der Waals surface area (Å²) < 4.78 is 0. The molecule has 1 amide bonds. The number of fused-ring (bicyclic) bond motifs is 3. The summed E-state index contributed by atoms with van der Waals surface area (Å²) in [6.07, 6.45) is 5.62. The van der Waals surface area contributed by atoms with Gasteiger partial charge >= 0.3 is 0 Å². The lowest BCUT2D eigenvalue weighted by molar-refractivity contribution is 0.0956. The zero-order valence-electron chi connectivity index (χ0n) is 19.0. The third kappa shape index (κ3) is 4.13. The second-order valence-corrected chi connectivity index (χ2v) is 10.5. The Hall–Kier alpha value is -3.18. The fourth-order valence-electron chi connectivity index (χ4n) is 5.21. The molecule has 1 aliphatic heterocycles. The minimum atomic E-state index is -0.220. The lowest BCUT2D eigenvalue weighted by atomic mass is 9.95. The molecule has 33 heavy (non-hydrogen) atoms. The molecular weight excluding hydrogens is 432 g/mol. The molecule has 2 unspecified atom stereocenters. The first-order chi connectivity index (χ1) is 15.9. The van der Waals surface area contributed by atoms with Gasteiger partial charge in [-0.2, -0.15) is 5.26 Å². The Bertz CT molecular complexity index is 1250. The standard InChI is InChI=1S/C25H28N6OS/c1-14(10-29-24(32)23-21(27)22-25(33-23)30-15(2)11-28-22)18-5-6-20(19(8-18)9-26)31-12-16-3-4-17(7-16)13-31/h5-6,8,11,14,16-17H,3-4,7,10,12-13,27H2,1-2H3,(H,29,32)/t14-,16?,17?/m0/s1. The van der Waals surface area contributed by atoms with Crippen LogP contribution in [0.5, 0.6) is 0 Å². The molecule has 2 fully saturated rings. The third-order valence-electron chi connectivity index (χ3n) is 6.99. The third-order valence-corrected chi connectivity index (χ3v) is 8.08. The Labute approximate surface area is 197 Å². The van der Waals surface area contributed by atoms with Crippen molar-refractivity contribution in [2.75, 3.05) is 30.3 Å². The second kappa shape index (κ2) is 8.64. The average molecular weight is 461 g/mol. The summed E-state index contributed by atoms with van der Waals surface area (Å²) in [6, 6.07) is 8.55. The van der Waals surface area contributed by atoms with Crippen LogP contribution >= 0.6 is 11.3 Å². The number of nitrogen functional groups attached to an aromatic ring is 1. The minimum absolute atomic E-state index is 0.0572. The van der Waals surface area contributed by atoms with Gasteiger partial charge in [-0.25, -0.2) is 9.97 Å². The van der Waals surface area contributed by atoms with E-state index in [1.807, 2.05) is 13.0 Å². The van der Waals surface area contributed by atoms with E-state index < -0.39 is 0 Å². The maximum atomic E-state index is 12.8. The van der Waals surface area contributed by atoms with Crippen molar-refractivity contribution in [3.63, 3.8) is 0 Å². The molecule has 0 spiro atoms. The highest BCUT2D eigenvalue weighted by molar-refractivity contribution is 7.21. The lowest BCUT2D eigenvalue weighted by Crippen LogP contribution is -2.36. The van der Waals surface area contributed by atoms with Gasteiger partial charge in [-0.1, -0.05) is 13.0 Å². The molecule has 2 aliphatic rings. The van der Waals surface area contributed by atoms with E-state index in [0.29, 0.717) is 33.0 Å². The summed E-state index contributed by atoms with van der Waals surface area (Å²) in [5.41, 5.74) is 10.7. The first kappa shape index (κ1) is 21.7. The molecule has 8 heteroatoms. The molecule has 7 nitrogen and oxygen atoms in total. The number of aryl methyl sites for hydroxylation is 1. The Morgan fingerprint density at radius 1 is 1.36 bits per heavy atom. The summed E-state index contributed by atoms with van der Waals surface area (Å²) in [6.45, 7) is 6.47. The fraction of sp³-hybridized carbons (Fsp3) is 0.440. The van der Waals surface area contributed by atoms with E-state index >= 15 is 0 Å². The first-order valence-electron chi connectivity index (χ1n) is 11.5. The number of nitrogens with one attached hydrogen (secondary N) is 1. The number of anilines is 2. The number of amides is 1.